The van der Waals surface area contributed by atoms with Gasteiger partial charge < -0.3 is 10.2 Å². The van der Waals surface area contributed by atoms with Crippen LogP contribution in [0.15, 0.2) is 24.3 Å². The van der Waals surface area contributed by atoms with E-state index in [-0.39, 0.29) is 13.0 Å². The van der Waals surface area contributed by atoms with Crippen LogP contribution in [0.25, 0.3) is 0 Å². The predicted octanol–water partition coefficient (Wildman–Crippen LogP) is 2.05. The van der Waals surface area contributed by atoms with Crippen LogP contribution in [0.5, 0.6) is 0 Å². The number of hydrogen-bond donors (Lipinski definition) is 1. The molecular weight excluding hydrogens is 299 g/mol. The van der Waals surface area contributed by atoms with Crippen molar-refractivity contribution < 1.29 is 22.8 Å². The number of anilines is 1. The standard InChI is InChI=1S/C14H12F3N3O2/c15-14(16,17)13(22)20-7-1-2-11(20)12(21)19-10-5-3-9(8-18)4-6-10/h3-6,11H,1-2,7H2,(H,19,21). The second kappa shape index (κ2) is 6.05. The third-order valence-electron chi connectivity index (χ3n) is 3.34. The lowest BCUT2D eigenvalue weighted by molar-refractivity contribution is -0.186. The molecule has 0 aliphatic carbocycles. The molecule has 0 spiro atoms. The van der Waals surface area contributed by atoms with Gasteiger partial charge in [-0.1, -0.05) is 0 Å². The van der Waals surface area contributed by atoms with Crippen LogP contribution in [0, 0.1) is 11.3 Å². The summed E-state index contributed by atoms with van der Waals surface area (Å²) < 4.78 is 37.5. The average molecular weight is 311 g/mol. The van der Waals surface area contributed by atoms with Crippen LogP contribution in [0.1, 0.15) is 18.4 Å². The van der Waals surface area contributed by atoms with Gasteiger partial charge in [-0.3, -0.25) is 9.59 Å². The zero-order valence-electron chi connectivity index (χ0n) is 11.4. The molecule has 8 heteroatoms. The van der Waals surface area contributed by atoms with Crippen LogP contribution in [-0.2, 0) is 9.59 Å². The minimum atomic E-state index is -4.99. The highest BCUT2D eigenvalue weighted by molar-refractivity contribution is 5.98. The lowest BCUT2D eigenvalue weighted by atomic mass is 10.2. The molecule has 0 radical (unpaired) electrons. The highest BCUT2D eigenvalue weighted by Crippen LogP contribution is 2.26. The van der Waals surface area contributed by atoms with E-state index in [1.165, 1.54) is 24.3 Å². The minimum absolute atomic E-state index is 0.0935. The number of hydrogen-bond acceptors (Lipinski definition) is 3. The van der Waals surface area contributed by atoms with Crippen LogP contribution in [0.2, 0.25) is 0 Å². The Balaban J connectivity index is 2.08. The van der Waals surface area contributed by atoms with Crippen molar-refractivity contribution in [2.45, 2.75) is 25.1 Å². The summed E-state index contributed by atoms with van der Waals surface area (Å²) in [5.41, 5.74) is 0.753. The summed E-state index contributed by atoms with van der Waals surface area (Å²) in [7, 11) is 0. The fourth-order valence-corrected chi connectivity index (χ4v) is 2.30. The normalized spacial score (nSPS) is 17.9. The Hall–Kier alpha value is -2.56. The lowest BCUT2D eigenvalue weighted by Crippen LogP contribution is -2.48. The van der Waals surface area contributed by atoms with E-state index in [0.717, 1.165) is 0 Å². The number of benzene rings is 1. The largest absolute Gasteiger partial charge is 0.471 e. The molecule has 22 heavy (non-hydrogen) atoms. The number of likely N-dealkylation sites (tertiary alicyclic amines) is 1. The molecule has 1 aromatic rings. The molecule has 1 N–H and O–H groups in total. The molecule has 2 rings (SSSR count). The van der Waals surface area contributed by atoms with Crippen molar-refractivity contribution in [1.82, 2.24) is 4.90 Å². The van der Waals surface area contributed by atoms with E-state index in [4.69, 9.17) is 5.26 Å². The molecule has 1 fully saturated rings. The minimum Gasteiger partial charge on any atom is -0.324 e. The lowest BCUT2D eigenvalue weighted by Gasteiger charge is -2.24. The fourth-order valence-electron chi connectivity index (χ4n) is 2.30. The Morgan fingerprint density at radius 3 is 2.45 bits per heavy atom. The first-order chi connectivity index (χ1) is 10.3. The maximum absolute atomic E-state index is 12.5. The first-order valence-corrected chi connectivity index (χ1v) is 6.52. The van der Waals surface area contributed by atoms with Gasteiger partial charge in [0.15, 0.2) is 0 Å². The molecule has 0 saturated carbocycles. The van der Waals surface area contributed by atoms with E-state index in [0.29, 0.717) is 22.6 Å². The van der Waals surface area contributed by atoms with Crippen molar-refractivity contribution in [3.63, 3.8) is 0 Å². The zero-order valence-corrected chi connectivity index (χ0v) is 11.4. The Morgan fingerprint density at radius 1 is 1.27 bits per heavy atom. The van der Waals surface area contributed by atoms with Crippen molar-refractivity contribution >= 4 is 17.5 Å². The van der Waals surface area contributed by atoms with Crippen molar-refractivity contribution in [2.24, 2.45) is 0 Å². The fraction of sp³-hybridized carbons (Fsp3) is 0.357. The summed E-state index contributed by atoms with van der Waals surface area (Å²) in [4.78, 5) is 23.9. The number of carbonyl (C=O) groups is 2. The highest BCUT2D eigenvalue weighted by atomic mass is 19.4. The topological polar surface area (TPSA) is 73.2 Å². The number of carbonyl (C=O) groups excluding carboxylic acids is 2. The van der Waals surface area contributed by atoms with E-state index >= 15 is 0 Å². The Bertz CT molecular complexity index is 620. The van der Waals surface area contributed by atoms with Gasteiger partial charge in [0.2, 0.25) is 5.91 Å². The number of amides is 2. The summed E-state index contributed by atoms with van der Waals surface area (Å²) in [6, 6.07) is 6.67. The summed E-state index contributed by atoms with van der Waals surface area (Å²) in [6.07, 6.45) is -4.46. The number of nitriles is 1. The summed E-state index contributed by atoms with van der Waals surface area (Å²) >= 11 is 0. The van der Waals surface area contributed by atoms with Crippen molar-refractivity contribution in [3.05, 3.63) is 29.8 Å². The van der Waals surface area contributed by atoms with Crippen molar-refractivity contribution in [2.75, 3.05) is 11.9 Å². The number of nitrogens with zero attached hydrogens (tertiary/aromatic N) is 2. The van der Waals surface area contributed by atoms with Gasteiger partial charge in [-0.15, -0.1) is 0 Å². The maximum atomic E-state index is 12.5. The van der Waals surface area contributed by atoms with Crippen molar-refractivity contribution in [1.29, 1.82) is 5.26 Å². The number of nitrogens with one attached hydrogen (secondary N) is 1. The summed E-state index contributed by atoms with van der Waals surface area (Å²) in [6.45, 7) is -0.0935. The van der Waals surface area contributed by atoms with Crippen LogP contribution >= 0.6 is 0 Å². The molecule has 0 bridgehead atoms. The third kappa shape index (κ3) is 3.36. The van der Waals surface area contributed by atoms with Gasteiger partial charge in [-0.2, -0.15) is 18.4 Å². The van der Waals surface area contributed by atoms with E-state index < -0.39 is 24.0 Å². The molecule has 0 aromatic heterocycles. The Kier molecular flexibility index (Phi) is 4.35. The molecule has 1 atom stereocenters. The predicted molar refractivity (Wildman–Crippen MR) is 70.6 cm³/mol. The second-order valence-corrected chi connectivity index (χ2v) is 4.83. The van der Waals surface area contributed by atoms with Gasteiger partial charge in [-0.05, 0) is 37.1 Å². The molecule has 1 aliphatic heterocycles. The molecular formula is C14H12F3N3O2. The van der Waals surface area contributed by atoms with Gasteiger partial charge in [0.25, 0.3) is 0 Å². The van der Waals surface area contributed by atoms with Gasteiger partial charge in [-0.25, -0.2) is 0 Å². The second-order valence-electron chi connectivity index (χ2n) is 4.83. The summed E-state index contributed by atoms with van der Waals surface area (Å²) in [5.74, 6) is -2.66. The third-order valence-corrected chi connectivity index (χ3v) is 3.34. The molecule has 5 nitrogen and oxygen atoms in total. The van der Waals surface area contributed by atoms with Gasteiger partial charge >= 0.3 is 12.1 Å². The van der Waals surface area contributed by atoms with E-state index in [9.17, 15) is 22.8 Å². The first kappa shape index (κ1) is 15.8. The zero-order chi connectivity index (χ0) is 16.3. The molecule has 1 saturated heterocycles. The van der Waals surface area contributed by atoms with Gasteiger partial charge in [0, 0.05) is 12.2 Å². The Morgan fingerprint density at radius 2 is 1.91 bits per heavy atom. The first-order valence-electron chi connectivity index (χ1n) is 6.52. The number of rotatable bonds is 2. The molecule has 2 amide bonds. The van der Waals surface area contributed by atoms with Crippen molar-refractivity contribution in [3.8, 4) is 6.07 Å². The number of alkyl halides is 3. The number of halogens is 3. The van der Waals surface area contributed by atoms with E-state index in [2.05, 4.69) is 5.32 Å². The van der Waals surface area contributed by atoms with E-state index in [1.54, 1.807) is 0 Å². The quantitative estimate of drug-likeness (QED) is 0.908. The average Bonchev–Trinajstić information content (AvgIpc) is 2.95. The molecule has 1 heterocycles. The maximum Gasteiger partial charge on any atom is 0.471 e. The van der Waals surface area contributed by atoms with Crippen LogP contribution < -0.4 is 5.32 Å². The molecule has 1 aliphatic rings. The van der Waals surface area contributed by atoms with Gasteiger partial charge in [0.1, 0.15) is 6.04 Å². The summed E-state index contributed by atoms with van der Waals surface area (Å²) in [5, 5.41) is 11.1. The smallest absolute Gasteiger partial charge is 0.324 e. The van der Waals surface area contributed by atoms with Crippen LogP contribution in [-0.4, -0.2) is 35.5 Å². The molecule has 116 valence electrons. The van der Waals surface area contributed by atoms with Crippen LogP contribution in [0.4, 0.5) is 18.9 Å². The van der Waals surface area contributed by atoms with Crippen LogP contribution in [0.3, 0.4) is 0 Å². The Labute approximate surface area is 124 Å². The SMILES string of the molecule is N#Cc1ccc(NC(=O)C2CCCN2C(=O)C(F)(F)F)cc1. The van der Waals surface area contributed by atoms with Gasteiger partial charge in [0.05, 0.1) is 11.6 Å². The monoisotopic (exact) mass is 311 g/mol. The molecule has 1 aromatic carbocycles. The molecule has 1 unspecified atom stereocenters. The van der Waals surface area contributed by atoms with E-state index in [1.807, 2.05) is 6.07 Å². The highest BCUT2D eigenvalue weighted by Gasteiger charge is 2.47.